The minimum Gasteiger partial charge on any atom is -0.478 e. The second kappa shape index (κ2) is 4.61. The van der Waals surface area contributed by atoms with Gasteiger partial charge in [-0.15, -0.1) is 0 Å². The van der Waals surface area contributed by atoms with Crippen LogP contribution >= 0.6 is 0 Å². The average molecular weight is 224 g/mol. The molecule has 1 aromatic heterocycles. The number of H-pyrrole nitrogens is 1. The summed E-state index contributed by atoms with van der Waals surface area (Å²) in [5.74, 6) is -1.06. The molecule has 6 heteroatoms. The molecular weight excluding hydrogens is 212 g/mol. The van der Waals surface area contributed by atoms with E-state index in [1.807, 2.05) is 0 Å². The Bertz CT molecular complexity index is 551. The number of aromatic nitrogens is 2. The molecular formula is C10H12N2O4. The van der Waals surface area contributed by atoms with Gasteiger partial charge in [0.2, 0.25) is 0 Å². The number of carboxylic acids is 1. The maximum absolute atomic E-state index is 11.3. The van der Waals surface area contributed by atoms with Gasteiger partial charge in [0, 0.05) is 24.4 Å². The zero-order valence-electron chi connectivity index (χ0n) is 8.98. The van der Waals surface area contributed by atoms with E-state index in [1.54, 1.807) is 13.8 Å². The molecule has 0 aliphatic rings. The SMILES string of the molecule is CC(=CC(=O)O)Cn1cc(C)c(=O)[nH]c1=O. The Balaban J connectivity index is 3.08. The summed E-state index contributed by atoms with van der Waals surface area (Å²) < 4.78 is 1.26. The number of allylic oxidation sites excluding steroid dienone is 1. The summed E-state index contributed by atoms with van der Waals surface area (Å²) in [5, 5.41) is 8.51. The minimum atomic E-state index is -1.06. The predicted molar refractivity (Wildman–Crippen MR) is 57.5 cm³/mol. The first-order valence-corrected chi connectivity index (χ1v) is 4.60. The van der Waals surface area contributed by atoms with Crippen molar-refractivity contribution in [3.63, 3.8) is 0 Å². The Morgan fingerprint density at radius 2 is 2.19 bits per heavy atom. The second-order valence-electron chi connectivity index (χ2n) is 3.53. The van der Waals surface area contributed by atoms with Gasteiger partial charge < -0.3 is 5.11 Å². The monoisotopic (exact) mass is 224 g/mol. The Labute approximate surface area is 90.9 Å². The molecule has 0 aliphatic heterocycles. The zero-order chi connectivity index (χ0) is 12.3. The lowest BCUT2D eigenvalue weighted by atomic mass is 10.2. The van der Waals surface area contributed by atoms with E-state index in [-0.39, 0.29) is 6.54 Å². The van der Waals surface area contributed by atoms with Gasteiger partial charge in [-0.25, -0.2) is 9.59 Å². The van der Waals surface area contributed by atoms with Crippen molar-refractivity contribution in [3.05, 3.63) is 44.2 Å². The number of aryl methyl sites for hydroxylation is 1. The fourth-order valence-electron chi connectivity index (χ4n) is 1.26. The van der Waals surface area contributed by atoms with Gasteiger partial charge in [-0.05, 0) is 19.4 Å². The van der Waals surface area contributed by atoms with Crippen LogP contribution in [0, 0.1) is 6.92 Å². The number of rotatable bonds is 3. The van der Waals surface area contributed by atoms with Gasteiger partial charge in [0.1, 0.15) is 0 Å². The predicted octanol–water partition coefficient (Wildman–Crippen LogP) is -0.124. The third-order valence-corrected chi connectivity index (χ3v) is 1.98. The molecule has 2 N–H and O–H groups in total. The lowest BCUT2D eigenvalue weighted by Crippen LogP contribution is -2.31. The van der Waals surface area contributed by atoms with Crippen LogP contribution in [0.25, 0.3) is 0 Å². The van der Waals surface area contributed by atoms with Gasteiger partial charge in [-0.2, -0.15) is 0 Å². The van der Waals surface area contributed by atoms with Crippen molar-refractivity contribution in [2.24, 2.45) is 0 Å². The van der Waals surface area contributed by atoms with Gasteiger partial charge in [-0.3, -0.25) is 14.3 Å². The fourth-order valence-corrected chi connectivity index (χ4v) is 1.26. The minimum absolute atomic E-state index is 0.142. The molecule has 0 radical (unpaired) electrons. The fraction of sp³-hybridized carbons (Fsp3) is 0.300. The van der Waals surface area contributed by atoms with E-state index in [1.165, 1.54) is 10.8 Å². The van der Waals surface area contributed by atoms with E-state index in [0.29, 0.717) is 11.1 Å². The second-order valence-corrected chi connectivity index (χ2v) is 3.53. The van der Waals surface area contributed by atoms with Crippen molar-refractivity contribution in [2.45, 2.75) is 20.4 Å². The van der Waals surface area contributed by atoms with Gasteiger partial charge >= 0.3 is 11.7 Å². The molecule has 0 aliphatic carbocycles. The topological polar surface area (TPSA) is 92.2 Å². The van der Waals surface area contributed by atoms with E-state index in [4.69, 9.17) is 5.11 Å². The van der Waals surface area contributed by atoms with Crippen molar-refractivity contribution >= 4 is 5.97 Å². The lowest BCUT2D eigenvalue weighted by Gasteiger charge is -2.05. The first kappa shape index (κ1) is 12.0. The Hall–Kier alpha value is -2.11. The van der Waals surface area contributed by atoms with E-state index in [9.17, 15) is 14.4 Å². The molecule has 0 bridgehead atoms. The highest BCUT2D eigenvalue weighted by Gasteiger charge is 2.02. The van der Waals surface area contributed by atoms with Gasteiger partial charge in [0.25, 0.3) is 5.56 Å². The average Bonchev–Trinajstić information content (AvgIpc) is 2.12. The number of hydrogen-bond donors (Lipinski definition) is 2. The molecule has 0 saturated heterocycles. The number of carbonyl (C=O) groups is 1. The summed E-state index contributed by atoms with van der Waals surface area (Å²) in [6.07, 6.45) is 2.42. The van der Waals surface area contributed by atoms with Crippen LogP contribution in [0.2, 0.25) is 0 Å². The molecule has 16 heavy (non-hydrogen) atoms. The van der Waals surface area contributed by atoms with Gasteiger partial charge in [-0.1, -0.05) is 0 Å². The molecule has 0 atom stereocenters. The van der Waals surface area contributed by atoms with Crippen LogP contribution in [0.4, 0.5) is 0 Å². The smallest absolute Gasteiger partial charge is 0.328 e. The molecule has 0 fully saturated rings. The maximum atomic E-state index is 11.3. The normalized spacial score (nSPS) is 11.5. The highest BCUT2D eigenvalue weighted by atomic mass is 16.4. The summed E-state index contributed by atoms with van der Waals surface area (Å²) >= 11 is 0. The number of hydrogen-bond acceptors (Lipinski definition) is 3. The van der Waals surface area contributed by atoms with Crippen LogP contribution in [-0.4, -0.2) is 20.6 Å². The summed E-state index contributed by atoms with van der Waals surface area (Å²) in [5.41, 5.74) is -0.0568. The molecule has 1 aromatic rings. The summed E-state index contributed by atoms with van der Waals surface area (Å²) in [4.78, 5) is 35.0. The van der Waals surface area contributed by atoms with E-state index in [2.05, 4.69) is 4.98 Å². The van der Waals surface area contributed by atoms with Gasteiger partial charge in [0.05, 0.1) is 0 Å². The Morgan fingerprint density at radius 3 is 2.75 bits per heavy atom. The summed E-state index contributed by atoms with van der Waals surface area (Å²) in [6.45, 7) is 3.31. The number of aromatic amines is 1. The number of nitrogens with zero attached hydrogens (tertiary/aromatic N) is 1. The first-order valence-electron chi connectivity index (χ1n) is 4.60. The highest BCUT2D eigenvalue weighted by Crippen LogP contribution is 1.96. The molecule has 0 spiro atoms. The molecule has 0 aromatic carbocycles. The van der Waals surface area contributed by atoms with Crippen molar-refractivity contribution in [1.82, 2.24) is 9.55 Å². The van der Waals surface area contributed by atoms with Crippen LogP contribution in [0.15, 0.2) is 27.4 Å². The first-order chi connectivity index (χ1) is 7.40. The van der Waals surface area contributed by atoms with E-state index in [0.717, 1.165) is 6.08 Å². The summed E-state index contributed by atoms with van der Waals surface area (Å²) in [6, 6.07) is 0. The third-order valence-electron chi connectivity index (χ3n) is 1.98. The molecule has 0 unspecified atom stereocenters. The number of nitrogens with one attached hydrogen (secondary N) is 1. The molecule has 0 saturated carbocycles. The lowest BCUT2D eigenvalue weighted by molar-refractivity contribution is -0.131. The largest absolute Gasteiger partial charge is 0.478 e. The van der Waals surface area contributed by atoms with Crippen molar-refractivity contribution in [1.29, 1.82) is 0 Å². The van der Waals surface area contributed by atoms with Crippen LogP contribution in [0.1, 0.15) is 12.5 Å². The standard InChI is InChI=1S/C10H12N2O4/c1-6(3-8(13)14)4-12-5-7(2)9(15)11-10(12)16/h3,5H,4H2,1-2H3,(H,13,14)(H,11,15,16). The van der Waals surface area contributed by atoms with Crippen molar-refractivity contribution in [3.8, 4) is 0 Å². The van der Waals surface area contributed by atoms with Crippen molar-refractivity contribution < 1.29 is 9.90 Å². The number of carboxylic acid groups (broad SMARTS) is 1. The van der Waals surface area contributed by atoms with Gasteiger partial charge in [0.15, 0.2) is 0 Å². The van der Waals surface area contributed by atoms with Crippen LogP contribution in [-0.2, 0) is 11.3 Å². The molecule has 6 nitrogen and oxygen atoms in total. The van der Waals surface area contributed by atoms with Crippen LogP contribution < -0.4 is 11.2 Å². The number of aliphatic carboxylic acids is 1. The van der Waals surface area contributed by atoms with E-state index < -0.39 is 17.2 Å². The highest BCUT2D eigenvalue weighted by molar-refractivity contribution is 5.80. The Morgan fingerprint density at radius 1 is 1.56 bits per heavy atom. The zero-order valence-corrected chi connectivity index (χ0v) is 8.98. The molecule has 1 rings (SSSR count). The third kappa shape index (κ3) is 2.94. The van der Waals surface area contributed by atoms with Crippen LogP contribution in [0.3, 0.4) is 0 Å². The van der Waals surface area contributed by atoms with Crippen molar-refractivity contribution in [2.75, 3.05) is 0 Å². The molecule has 86 valence electrons. The molecule has 1 heterocycles. The maximum Gasteiger partial charge on any atom is 0.328 e. The van der Waals surface area contributed by atoms with E-state index >= 15 is 0 Å². The summed E-state index contributed by atoms with van der Waals surface area (Å²) in [7, 11) is 0. The molecule has 0 amide bonds. The Kier molecular flexibility index (Phi) is 3.44. The van der Waals surface area contributed by atoms with Crippen LogP contribution in [0.5, 0.6) is 0 Å². The quantitative estimate of drug-likeness (QED) is 0.700.